The first-order chi connectivity index (χ1) is 7.60. The normalized spacial score (nSPS) is 11.8. The lowest BCUT2D eigenvalue weighted by Crippen LogP contribution is -2.33. The number of halogens is 1. The van der Waals surface area contributed by atoms with Gasteiger partial charge in [-0.2, -0.15) is 0 Å². The van der Waals surface area contributed by atoms with Crippen molar-refractivity contribution >= 4 is 23.4 Å². The maximum absolute atomic E-state index is 5.65. The number of hydrogen-bond donors (Lipinski definition) is 1. The minimum Gasteiger partial charge on any atom is -0.315 e. The Balaban J connectivity index is 2.65. The van der Waals surface area contributed by atoms with Gasteiger partial charge in [-0.1, -0.05) is 26.0 Å². The van der Waals surface area contributed by atoms with E-state index >= 15 is 0 Å². The minimum atomic E-state index is 0.156. The van der Waals surface area contributed by atoms with Gasteiger partial charge >= 0.3 is 0 Å². The Bertz CT molecular complexity index is 308. The molecule has 0 aliphatic rings. The van der Waals surface area contributed by atoms with E-state index in [1.165, 1.54) is 10.5 Å². The summed E-state index contributed by atoms with van der Waals surface area (Å²) in [6, 6.07) is 8.80. The molecule has 0 bridgehead atoms. The van der Waals surface area contributed by atoms with Crippen molar-refractivity contribution in [2.24, 2.45) is 0 Å². The average molecular weight is 258 g/mol. The van der Waals surface area contributed by atoms with Crippen molar-refractivity contribution in [1.82, 2.24) is 5.32 Å². The molecule has 0 unspecified atom stereocenters. The van der Waals surface area contributed by atoms with E-state index < -0.39 is 0 Å². The minimum absolute atomic E-state index is 0.156. The number of benzene rings is 1. The maximum atomic E-state index is 5.65. The van der Waals surface area contributed by atoms with E-state index in [2.05, 4.69) is 49.7 Å². The predicted octanol–water partition coefficient (Wildman–Crippen LogP) is 3.51. The van der Waals surface area contributed by atoms with Gasteiger partial charge in [-0.25, -0.2) is 0 Å². The second kappa shape index (κ2) is 6.53. The van der Waals surface area contributed by atoms with Gasteiger partial charge < -0.3 is 5.32 Å². The van der Waals surface area contributed by atoms with Crippen LogP contribution in [0, 0.1) is 0 Å². The average Bonchev–Trinajstić information content (AvgIpc) is 2.29. The van der Waals surface area contributed by atoms with Gasteiger partial charge in [0.15, 0.2) is 0 Å². The maximum Gasteiger partial charge on any atom is 0.0348 e. The van der Waals surface area contributed by atoms with E-state index in [4.69, 9.17) is 11.6 Å². The molecule has 1 aromatic rings. The summed E-state index contributed by atoms with van der Waals surface area (Å²) >= 11 is 7.43. The van der Waals surface area contributed by atoms with Crippen LogP contribution in [-0.2, 0) is 5.41 Å². The Labute approximate surface area is 108 Å². The van der Waals surface area contributed by atoms with Gasteiger partial charge in [0.05, 0.1) is 0 Å². The lowest BCUT2D eigenvalue weighted by Gasteiger charge is -2.25. The lowest BCUT2D eigenvalue weighted by molar-refractivity contribution is 0.478. The van der Waals surface area contributed by atoms with E-state index in [9.17, 15) is 0 Å². The molecule has 3 heteroatoms. The molecule has 0 aromatic heterocycles. The summed E-state index contributed by atoms with van der Waals surface area (Å²) in [6.07, 6.45) is 2.10. The van der Waals surface area contributed by atoms with Crippen LogP contribution in [0.2, 0.25) is 0 Å². The van der Waals surface area contributed by atoms with Crippen LogP contribution >= 0.6 is 23.4 Å². The van der Waals surface area contributed by atoms with Gasteiger partial charge in [0.25, 0.3) is 0 Å². The molecule has 0 fully saturated rings. The van der Waals surface area contributed by atoms with Gasteiger partial charge in [-0.3, -0.25) is 0 Å². The molecule has 1 rings (SSSR count). The molecule has 1 aromatic carbocycles. The van der Waals surface area contributed by atoms with Crippen LogP contribution < -0.4 is 5.32 Å². The molecule has 0 heterocycles. The van der Waals surface area contributed by atoms with Crippen molar-refractivity contribution in [3.05, 3.63) is 29.8 Å². The van der Waals surface area contributed by atoms with Crippen LogP contribution in [0.25, 0.3) is 0 Å². The lowest BCUT2D eigenvalue weighted by atomic mass is 9.84. The van der Waals surface area contributed by atoms with E-state index in [0.29, 0.717) is 5.88 Å². The van der Waals surface area contributed by atoms with Crippen molar-refractivity contribution < 1.29 is 0 Å². The highest BCUT2D eigenvalue weighted by Crippen LogP contribution is 2.24. The van der Waals surface area contributed by atoms with Gasteiger partial charge in [0.1, 0.15) is 0 Å². The summed E-state index contributed by atoms with van der Waals surface area (Å²) < 4.78 is 0. The quantitative estimate of drug-likeness (QED) is 0.476. The van der Waals surface area contributed by atoms with E-state index in [1.807, 2.05) is 0 Å². The third-order valence-electron chi connectivity index (χ3n) is 2.71. The SMILES string of the molecule is CSc1ccc(C(C)(C)CNCCCl)cc1. The molecule has 0 amide bonds. The van der Waals surface area contributed by atoms with Crippen molar-refractivity contribution in [3.8, 4) is 0 Å². The van der Waals surface area contributed by atoms with Crippen molar-refractivity contribution in [3.63, 3.8) is 0 Å². The van der Waals surface area contributed by atoms with Gasteiger partial charge in [0, 0.05) is 29.3 Å². The molecule has 0 aliphatic heterocycles. The predicted molar refractivity (Wildman–Crippen MR) is 74.8 cm³/mol. The molecule has 1 N–H and O–H groups in total. The first-order valence-corrected chi connectivity index (χ1v) is 7.27. The van der Waals surface area contributed by atoms with Crippen LogP contribution in [0.15, 0.2) is 29.2 Å². The molecular formula is C13H20ClNS. The molecule has 0 saturated carbocycles. The fraction of sp³-hybridized carbons (Fsp3) is 0.538. The Morgan fingerprint density at radius 1 is 1.25 bits per heavy atom. The monoisotopic (exact) mass is 257 g/mol. The molecule has 0 aliphatic carbocycles. The molecule has 16 heavy (non-hydrogen) atoms. The number of thioether (sulfide) groups is 1. The largest absolute Gasteiger partial charge is 0.315 e. The molecule has 0 radical (unpaired) electrons. The van der Waals surface area contributed by atoms with Crippen LogP contribution in [0.3, 0.4) is 0 Å². The summed E-state index contributed by atoms with van der Waals surface area (Å²) in [7, 11) is 0. The highest BCUT2D eigenvalue weighted by Gasteiger charge is 2.19. The smallest absolute Gasteiger partial charge is 0.0348 e. The Hall–Kier alpha value is -0.180. The van der Waals surface area contributed by atoms with Gasteiger partial charge in [-0.15, -0.1) is 23.4 Å². The second-order valence-corrected chi connectivity index (χ2v) is 5.74. The topological polar surface area (TPSA) is 12.0 Å². The Morgan fingerprint density at radius 2 is 1.88 bits per heavy atom. The van der Waals surface area contributed by atoms with Crippen LogP contribution in [0.4, 0.5) is 0 Å². The number of alkyl halides is 1. The zero-order valence-electron chi connectivity index (χ0n) is 10.2. The van der Waals surface area contributed by atoms with E-state index in [1.54, 1.807) is 11.8 Å². The second-order valence-electron chi connectivity index (χ2n) is 4.48. The third-order valence-corrected chi connectivity index (χ3v) is 3.64. The van der Waals surface area contributed by atoms with Crippen molar-refractivity contribution in [2.75, 3.05) is 25.2 Å². The van der Waals surface area contributed by atoms with Crippen LogP contribution in [-0.4, -0.2) is 25.2 Å². The zero-order valence-corrected chi connectivity index (χ0v) is 11.8. The van der Waals surface area contributed by atoms with Crippen LogP contribution in [0.1, 0.15) is 19.4 Å². The fourth-order valence-corrected chi connectivity index (χ4v) is 2.15. The molecule has 0 spiro atoms. The molecule has 90 valence electrons. The highest BCUT2D eigenvalue weighted by molar-refractivity contribution is 7.98. The summed E-state index contributed by atoms with van der Waals surface area (Å²) in [6.45, 7) is 6.33. The Morgan fingerprint density at radius 3 is 2.38 bits per heavy atom. The van der Waals surface area contributed by atoms with Crippen molar-refractivity contribution in [1.29, 1.82) is 0 Å². The molecule has 0 saturated heterocycles. The standard InChI is InChI=1S/C13H20ClNS/c1-13(2,10-15-9-8-14)11-4-6-12(16-3)7-5-11/h4-7,15H,8-10H2,1-3H3. The number of rotatable bonds is 6. The third kappa shape index (κ3) is 4.00. The highest BCUT2D eigenvalue weighted by atomic mass is 35.5. The molecule has 0 atom stereocenters. The zero-order chi connectivity index (χ0) is 12.0. The Kier molecular flexibility index (Phi) is 5.67. The van der Waals surface area contributed by atoms with Gasteiger partial charge in [-0.05, 0) is 24.0 Å². The van der Waals surface area contributed by atoms with E-state index in [0.717, 1.165) is 13.1 Å². The summed E-state index contributed by atoms with van der Waals surface area (Å²) in [5.74, 6) is 0.668. The van der Waals surface area contributed by atoms with Crippen LogP contribution in [0.5, 0.6) is 0 Å². The number of hydrogen-bond acceptors (Lipinski definition) is 2. The molecule has 1 nitrogen and oxygen atoms in total. The molecular weight excluding hydrogens is 238 g/mol. The van der Waals surface area contributed by atoms with E-state index in [-0.39, 0.29) is 5.41 Å². The van der Waals surface area contributed by atoms with Crippen molar-refractivity contribution in [2.45, 2.75) is 24.2 Å². The first-order valence-electron chi connectivity index (χ1n) is 5.51. The summed E-state index contributed by atoms with van der Waals surface area (Å²) in [5.41, 5.74) is 1.52. The summed E-state index contributed by atoms with van der Waals surface area (Å²) in [5, 5.41) is 3.37. The fourth-order valence-electron chi connectivity index (χ4n) is 1.61. The summed E-state index contributed by atoms with van der Waals surface area (Å²) in [4.78, 5) is 1.31. The first kappa shape index (κ1) is 13.9. The number of nitrogens with one attached hydrogen (secondary N) is 1. The van der Waals surface area contributed by atoms with Gasteiger partial charge in [0.2, 0.25) is 0 Å².